The second-order valence-corrected chi connectivity index (χ2v) is 22.8. The Kier molecular flexibility index (Phi) is 21.7. The highest BCUT2D eigenvalue weighted by Crippen LogP contribution is 2.72. The number of ether oxygens (including phenoxy) is 5. The average Bonchev–Trinajstić information content (AvgIpc) is 3.96. The molecule has 2 saturated carbocycles. The molecular formula is C60H98O9. The van der Waals surface area contributed by atoms with E-state index in [1.165, 1.54) is 167 Å². The molecule has 69 heavy (non-hydrogen) atoms. The fourth-order valence-corrected chi connectivity index (χ4v) is 13.3. The third kappa shape index (κ3) is 13.0. The number of rotatable bonds is 37. The van der Waals surface area contributed by atoms with Crippen molar-refractivity contribution in [3.8, 4) is 0 Å². The zero-order valence-corrected chi connectivity index (χ0v) is 44.4. The fourth-order valence-electron chi connectivity index (χ4n) is 13.3. The molecule has 9 heteroatoms. The summed E-state index contributed by atoms with van der Waals surface area (Å²) >= 11 is 0. The van der Waals surface area contributed by atoms with Gasteiger partial charge in [-0.1, -0.05) is 231 Å². The number of esters is 1. The first-order valence-electron chi connectivity index (χ1n) is 28.9. The number of epoxide rings is 1. The van der Waals surface area contributed by atoms with Crippen LogP contribution in [0.3, 0.4) is 0 Å². The number of Topliss-reactive ketones (excluding diaryl/α,β-unsaturated/α-hetero) is 1. The minimum Gasteiger partial charge on any atom is -0.462 e. The first kappa shape index (κ1) is 56.2. The highest BCUT2D eigenvalue weighted by molar-refractivity contribution is 6.05. The molecule has 0 amide bonds. The molecule has 0 unspecified atom stereocenters. The third-order valence-electron chi connectivity index (χ3n) is 17.4. The van der Waals surface area contributed by atoms with Crippen LogP contribution in [0.25, 0.3) is 0 Å². The van der Waals surface area contributed by atoms with Gasteiger partial charge in [0.25, 0.3) is 0 Å². The minimum absolute atomic E-state index is 0.261. The van der Waals surface area contributed by atoms with Gasteiger partial charge in [0.2, 0.25) is 0 Å². The zero-order valence-electron chi connectivity index (χ0n) is 44.4. The molecule has 5 fully saturated rings. The summed E-state index contributed by atoms with van der Waals surface area (Å²) in [6, 6.07) is 0. The number of ketones is 1. The summed E-state index contributed by atoms with van der Waals surface area (Å²) in [7, 11) is 0. The SMILES string of the molecule is C=C(C)[C@]12C[C@H](C)[C@@]34O[C@](/C=C/C=C/CCCCCCCCC)(O[C@@H]1[C@@H]3[C@@H]1O[C@]1(COC(=O)CCCCCCCCCCCCCCCCCCCCCCCCC)[C@H](O)[C@]1(O)C(=O)C(C)=C[C@@H]14)O2. The van der Waals surface area contributed by atoms with E-state index in [1.54, 1.807) is 19.1 Å². The number of aliphatic hydroxyl groups is 2. The van der Waals surface area contributed by atoms with E-state index >= 15 is 0 Å². The molecule has 3 saturated heterocycles. The minimum atomic E-state index is -2.28. The van der Waals surface area contributed by atoms with Gasteiger partial charge in [0.1, 0.15) is 30.5 Å². The quantitative estimate of drug-likeness (QED) is 0.0206. The summed E-state index contributed by atoms with van der Waals surface area (Å²) in [6.07, 6.45) is 47.3. The van der Waals surface area contributed by atoms with Crippen molar-refractivity contribution in [2.45, 2.75) is 293 Å². The predicted octanol–water partition coefficient (Wildman–Crippen LogP) is 14.4. The normalized spacial score (nSPS) is 34.0. The van der Waals surface area contributed by atoms with Gasteiger partial charge in [0.15, 0.2) is 17.0 Å². The standard InChI is InChI=1S/C60H98O9/c1-7-9-11-13-15-17-19-20-21-22-23-24-25-26-27-28-29-30-31-33-35-37-39-41-50(61)65-45-57-54(66-57)51-53-56(46(3)4)44-48(6)60(51,49-43-47(5)52(62)59(49,64)55(57)63)69-58(67-53,68-56)42-40-38-36-34-32-18-16-14-12-10-8-2/h36,38,40,42-43,48-49,51,53-55,63-64H,3,7-35,37,39,41,44-45H2,1-2,4-6H3/b38-36+,42-40+/t48-,49-,51+,53+,54-,55-,56+,57-,58+,59+,60-/m0/s1. The van der Waals surface area contributed by atoms with Gasteiger partial charge in [0, 0.05) is 24.3 Å². The highest BCUT2D eigenvalue weighted by Gasteiger charge is 2.88. The van der Waals surface area contributed by atoms with Gasteiger partial charge in [-0.3, -0.25) is 9.59 Å². The van der Waals surface area contributed by atoms with E-state index in [1.807, 2.05) is 19.1 Å². The number of carbonyl (C=O) groups is 2. The van der Waals surface area contributed by atoms with E-state index in [2.05, 4.69) is 33.4 Å². The predicted molar refractivity (Wildman–Crippen MR) is 276 cm³/mol. The molecule has 6 aliphatic rings. The smallest absolute Gasteiger partial charge is 0.306 e. The fraction of sp³-hybridized carbons (Fsp3) is 0.833. The number of hydrogen-bond donors (Lipinski definition) is 2. The number of aliphatic hydroxyl groups excluding tert-OH is 1. The molecule has 11 atom stereocenters. The van der Waals surface area contributed by atoms with Crippen LogP contribution in [0.2, 0.25) is 0 Å². The maximum Gasteiger partial charge on any atom is 0.306 e. The number of allylic oxidation sites excluding steroid dienone is 3. The average molecular weight is 963 g/mol. The van der Waals surface area contributed by atoms with Crippen molar-refractivity contribution < 1.29 is 43.5 Å². The van der Waals surface area contributed by atoms with Crippen molar-refractivity contribution in [3.05, 3.63) is 48.1 Å². The van der Waals surface area contributed by atoms with Gasteiger partial charge in [-0.05, 0) is 56.6 Å². The van der Waals surface area contributed by atoms with Crippen molar-refractivity contribution in [2.75, 3.05) is 6.61 Å². The summed E-state index contributed by atoms with van der Waals surface area (Å²) in [4.78, 5) is 27.5. The summed E-state index contributed by atoms with van der Waals surface area (Å²) in [5, 5.41) is 25.1. The maximum atomic E-state index is 14.2. The Hall–Kier alpha value is -2.14. The van der Waals surface area contributed by atoms with E-state index in [0.717, 1.165) is 37.7 Å². The molecule has 392 valence electrons. The van der Waals surface area contributed by atoms with Gasteiger partial charge in [0.05, 0.1) is 5.60 Å². The molecule has 3 aliphatic carbocycles. The largest absolute Gasteiger partial charge is 0.462 e. The van der Waals surface area contributed by atoms with Gasteiger partial charge in [-0.15, -0.1) is 0 Å². The van der Waals surface area contributed by atoms with E-state index in [4.69, 9.17) is 23.7 Å². The van der Waals surface area contributed by atoms with Crippen LogP contribution in [0.5, 0.6) is 0 Å². The van der Waals surface area contributed by atoms with Crippen LogP contribution in [-0.2, 0) is 33.3 Å². The number of fused-ring (bicyclic) bond motifs is 3. The summed E-state index contributed by atoms with van der Waals surface area (Å²) in [6.45, 7) is 14.3. The van der Waals surface area contributed by atoms with Crippen LogP contribution in [0.1, 0.15) is 247 Å². The third-order valence-corrected chi connectivity index (χ3v) is 17.4. The molecule has 6 rings (SSSR count). The summed E-state index contributed by atoms with van der Waals surface area (Å²) < 4.78 is 33.4. The lowest BCUT2D eigenvalue weighted by molar-refractivity contribution is -0.406. The Morgan fingerprint density at radius 2 is 1.22 bits per heavy atom. The van der Waals surface area contributed by atoms with Crippen molar-refractivity contribution in [1.82, 2.24) is 0 Å². The number of carbonyl (C=O) groups excluding carboxylic acids is 2. The number of hydrogen-bond acceptors (Lipinski definition) is 9. The second kappa shape index (κ2) is 26.7. The maximum absolute atomic E-state index is 14.2. The van der Waals surface area contributed by atoms with E-state index in [0.29, 0.717) is 12.0 Å². The lowest BCUT2D eigenvalue weighted by Gasteiger charge is -2.59. The van der Waals surface area contributed by atoms with Crippen molar-refractivity contribution in [3.63, 3.8) is 0 Å². The van der Waals surface area contributed by atoms with Crippen LogP contribution in [0.15, 0.2) is 48.1 Å². The van der Waals surface area contributed by atoms with Crippen LogP contribution >= 0.6 is 0 Å². The molecule has 9 nitrogen and oxygen atoms in total. The van der Waals surface area contributed by atoms with Gasteiger partial charge in [-0.25, -0.2) is 0 Å². The summed E-state index contributed by atoms with van der Waals surface area (Å²) in [5.41, 5.74) is -4.85. The number of unbranched alkanes of at least 4 members (excludes halogenated alkanes) is 29. The van der Waals surface area contributed by atoms with Crippen molar-refractivity contribution in [2.24, 2.45) is 17.8 Å². The Balaban J connectivity index is 0.931. The Bertz CT molecular complexity index is 1720. The van der Waals surface area contributed by atoms with Crippen molar-refractivity contribution >= 4 is 11.8 Å². The zero-order chi connectivity index (χ0) is 49.4. The van der Waals surface area contributed by atoms with Crippen LogP contribution in [-0.4, -0.2) is 75.3 Å². The van der Waals surface area contributed by atoms with E-state index in [-0.39, 0.29) is 24.9 Å². The van der Waals surface area contributed by atoms with Gasteiger partial charge < -0.3 is 33.9 Å². The van der Waals surface area contributed by atoms with E-state index in [9.17, 15) is 19.8 Å². The van der Waals surface area contributed by atoms with E-state index < -0.39 is 64.3 Å². The second-order valence-electron chi connectivity index (χ2n) is 22.8. The lowest BCUT2D eigenvalue weighted by Crippen LogP contribution is -2.72. The molecule has 0 radical (unpaired) electrons. The summed E-state index contributed by atoms with van der Waals surface area (Å²) in [5.74, 6) is -4.34. The van der Waals surface area contributed by atoms with Crippen LogP contribution in [0.4, 0.5) is 0 Å². The lowest BCUT2D eigenvalue weighted by atomic mass is 9.54. The molecule has 0 aromatic heterocycles. The van der Waals surface area contributed by atoms with Crippen LogP contribution in [0, 0.1) is 17.8 Å². The molecule has 3 bridgehead atoms. The van der Waals surface area contributed by atoms with Gasteiger partial charge in [-0.2, -0.15) is 0 Å². The topological polar surface area (TPSA) is 124 Å². The first-order chi connectivity index (χ1) is 33.4. The molecule has 0 aromatic rings. The Morgan fingerprint density at radius 1 is 0.725 bits per heavy atom. The first-order valence-corrected chi connectivity index (χ1v) is 28.9. The molecule has 3 heterocycles. The Labute approximate surface area is 419 Å². The molecule has 3 aliphatic heterocycles. The monoisotopic (exact) mass is 963 g/mol. The van der Waals surface area contributed by atoms with Crippen molar-refractivity contribution in [1.29, 1.82) is 0 Å². The van der Waals surface area contributed by atoms with Crippen LogP contribution < -0.4 is 0 Å². The molecule has 0 aromatic carbocycles. The van der Waals surface area contributed by atoms with Gasteiger partial charge >= 0.3 is 11.9 Å². The molecule has 0 spiro atoms. The highest BCUT2D eigenvalue weighted by atomic mass is 16.9. The molecular weight excluding hydrogens is 865 g/mol. The Morgan fingerprint density at radius 3 is 1.72 bits per heavy atom. The molecule has 2 N–H and O–H groups in total.